The van der Waals surface area contributed by atoms with Crippen LogP contribution in [0.25, 0.3) is 0 Å². The van der Waals surface area contributed by atoms with Crippen LogP contribution in [0.5, 0.6) is 0 Å². The Labute approximate surface area is 111 Å². The molecule has 1 aromatic carbocycles. The lowest BCUT2D eigenvalue weighted by molar-refractivity contribution is -0.146. The summed E-state index contributed by atoms with van der Waals surface area (Å²) in [4.78, 5) is 11.4. The van der Waals surface area contributed by atoms with Crippen LogP contribution in [-0.2, 0) is 9.53 Å². The molecule has 0 aromatic heterocycles. The average molecular weight is 300 g/mol. The van der Waals surface area contributed by atoms with Crippen LogP contribution in [0.2, 0.25) is 0 Å². The third-order valence-electron chi connectivity index (χ3n) is 2.27. The van der Waals surface area contributed by atoms with Crippen molar-refractivity contribution in [2.24, 2.45) is 0 Å². The molecule has 4 heteroatoms. The maximum Gasteiger partial charge on any atom is 0.320 e. The molecular weight excluding hydrogens is 282 g/mol. The van der Waals surface area contributed by atoms with Crippen molar-refractivity contribution in [2.75, 3.05) is 6.54 Å². The molecule has 0 fully saturated rings. The zero-order valence-corrected chi connectivity index (χ0v) is 12.0. The highest BCUT2D eigenvalue weighted by atomic mass is 79.9. The van der Waals surface area contributed by atoms with Crippen LogP contribution < -0.4 is 5.32 Å². The third kappa shape index (κ3) is 5.33. The maximum absolute atomic E-state index is 11.4. The van der Waals surface area contributed by atoms with Gasteiger partial charge in [-0.2, -0.15) is 0 Å². The summed E-state index contributed by atoms with van der Waals surface area (Å²) in [6, 6.07) is 8.13. The maximum atomic E-state index is 11.4. The molecule has 1 N–H and O–H groups in total. The van der Waals surface area contributed by atoms with Gasteiger partial charge >= 0.3 is 5.97 Å². The van der Waals surface area contributed by atoms with E-state index in [9.17, 15) is 4.79 Å². The van der Waals surface area contributed by atoms with Crippen LogP contribution in [0, 0.1) is 0 Å². The second kappa shape index (κ2) is 6.77. The molecule has 0 saturated heterocycles. The number of hydrogen-bond acceptors (Lipinski definition) is 3. The van der Waals surface area contributed by atoms with Gasteiger partial charge in [0.05, 0.1) is 12.6 Å². The Morgan fingerprint density at radius 1 is 1.41 bits per heavy atom. The Kier molecular flexibility index (Phi) is 5.65. The number of esters is 1. The van der Waals surface area contributed by atoms with Gasteiger partial charge in [-0.05, 0) is 38.5 Å². The summed E-state index contributed by atoms with van der Waals surface area (Å²) >= 11 is 3.42. The second-order valence-electron chi connectivity index (χ2n) is 4.20. The Bertz CT molecular complexity index is 379. The standard InChI is InChI=1S/C13H18BrNO2/c1-9(2)17-13(16)8-15-10(3)11-5-4-6-12(14)7-11/h4-7,9-10,15H,8H2,1-3H3/t10-/m1/s1. The van der Waals surface area contributed by atoms with Gasteiger partial charge in [-0.15, -0.1) is 0 Å². The first kappa shape index (κ1) is 14.2. The summed E-state index contributed by atoms with van der Waals surface area (Å²) < 4.78 is 6.09. The van der Waals surface area contributed by atoms with Crippen LogP contribution in [0.15, 0.2) is 28.7 Å². The number of nitrogens with one attached hydrogen (secondary N) is 1. The molecule has 0 saturated carbocycles. The number of ether oxygens (including phenoxy) is 1. The number of halogens is 1. The Balaban J connectivity index is 2.44. The van der Waals surface area contributed by atoms with Crippen molar-refractivity contribution in [3.63, 3.8) is 0 Å². The Morgan fingerprint density at radius 3 is 2.71 bits per heavy atom. The van der Waals surface area contributed by atoms with E-state index in [1.54, 1.807) is 0 Å². The van der Waals surface area contributed by atoms with Gasteiger partial charge in [-0.1, -0.05) is 28.1 Å². The van der Waals surface area contributed by atoms with E-state index in [1.165, 1.54) is 0 Å². The number of hydrogen-bond donors (Lipinski definition) is 1. The van der Waals surface area contributed by atoms with Crippen molar-refractivity contribution in [3.05, 3.63) is 34.3 Å². The van der Waals surface area contributed by atoms with Crippen molar-refractivity contribution in [1.82, 2.24) is 5.32 Å². The molecule has 3 nitrogen and oxygen atoms in total. The molecule has 1 rings (SSSR count). The topological polar surface area (TPSA) is 38.3 Å². The molecule has 0 bridgehead atoms. The molecule has 0 amide bonds. The van der Waals surface area contributed by atoms with Gasteiger partial charge in [0, 0.05) is 10.5 Å². The first-order valence-electron chi connectivity index (χ1n) is 5.67. The summed E-state index contributed by atoms with van der Waals surface area (Å²) in [6.07, 6.45) is -0.0644. The predicted molar refractivity (Wildman–Crippen MR) is 71.8 cm³/mol. The normalized spacial score (nSPS) is 12.5. The smallest absolute Gasteiger partial charge is 0.320 e. The fourth-order valence-electron chi connectivity index (χ4n) is 1.43. The fourth-order valence-corrected chi connectivity index (χ4v) is 1.85. The number of carbonyl (C=O) groups excluding carboxylic acids is 1. The molecule has 0 aliphatic rings. The minimum absolute atomic E-state index is 0.0644. The van der Waals surface area contributed by atoms with Gasteiger partial charge in [-0.25, -0.2) is 0 Å². The van der Waals surface area contributed by atoms with Gasteiger partial charge < -0.3 is 10.1 Å². The largest absolute Gasteiger partial charge is 0.462 e. The molecule has 0 unspecified atom stereocenters. The van der Waals surface area contributed by atoms with Crippen molar-refractivity contribution < 1.29 is 9.53 Å². The van der Waals surface area contributed by atoms with E-state index in [0.29, 0.717) is 0 Å². The van der Waals surface area contributed by atoms with E-state index in [4.69, 9.17) is 4.74 Å². The highest BCUT2D eigenvalue weighted by molar-refractivity contribution is 9.10. The van der Waals surface area contributed by atoms with Crippen molar-refractivity contribution in [2.45, 2.75) is 32.9 Å². The van der Waals surface area contributed by atoms with Gasteiger partial charge in [-0.3, -0.25) is 4.79 Å². The molecule has 0 heterocycles. The lowest BCUT2D eigenvalue weighted by Gasteiger charge is -2.15. The van der Waals surface area contributed by atoms with Crippen molar-refractivity contribution in [3.8, 4) is 0 Å². The van der Waals surface area contributed by atoms with Crippen LogP contribution in [0.1, 0.15) is 32.4 Å². The van der Waals surface area contributed by atoms with Gasteiger partial charge in [0.2, 0.25) is 0 Å². The summed E-state index contributed by atoms with van der Waals surface area (Å²) in [5.41, 5.74) is 1.14. The van der Waals surface area contributed by atoms with E-state index in [0.717, 1.165) is 10.0 Å². The molecular formula is C13H18BrNO2. The number of rotatable bonds is 5. The molecule has 0 spiro atoms. The number of benzene rings is 1. The van der Waals surface area contributed by atoms with Gasteiger partial charge in [0.1, 0.15) is 0 Å². The minimum atomic E-state index is -0.221. The van der Waals surface area contributed by atoms with Crippen LogP contribution in [0.3, 0.4) is 0 Å². The third-order valence-corrected chi connectivity index (χ3v) is 2.76. The summed E-state index contributed by atoms with van der Waals surface area (Å²) in [6.45, 7) is 5.93. The Morgan fingerprint density at radius 2 is 2.12 bits per heavy atom. The lowest BCUT2D eigenvalue weighted by Crippen LogP contribution is -2.28. The Hall–Kier alpha value is -0.870. The first-order chi connectivity index (χ1) is 7.99. The zero-order valence-electron chi connectivity index (χ0n) is 10.4. The van der Waals surface area contributed by atoms with E-state index >= 15 is 0 Å². The average Bonchev–Trinajstić information content (AvgIpc) is 2.25. The summed E-state index contributed by atoms with van der Waals surface area (Å²) in [5, 5.41) is 3.14. The molecule has 1 aromatic rings. The molecule has 17 heavy (non-hydrogen) atoms. The molecule has 1 atom stereocenters. The summed E-state index contributed by atoms with van der Waals surface area (Å²) in [5.74, 6) is -0.221. The quantitative estimate of drug-likeness (QED) is 0.849. The highest BCUT2D eigenvalue weighted by Crippen LogP contribution is 2.17. The van der Waals surface area contributed by atoms with E-state index < -0.39 is 0 Å². The SMILES string of the molecule is CC(C)OC(=O)CN[C@H](C)c1cccc(Br)c1. The minimum Gasteiger partial charge on any atom is -0.462 e. The van der Waals surface area contributed by atoms with Crippen LogP contribution >= 0.6 is 15.9 Å². The predicted octanol–water partition coefficient (Wildman–Crippen LogP) is 3.05. The van der Waals surface area contributed by atoms with Crippen LogP contribution in [0.4, 0.5) is 0 Å². The summed E-state index contributed by atoms with van der Waals surface area (Å²) in [7, 11) is 0. The van der Waals surface area contributed by atoms with Crippen molar-refractivity contribution in [1.29, 1.82) is 0 Å². The zero-order chi connectivity index (χ0) is 12.8. The van der Waals surface area contributed by atoms with E-state index in [1.807, 2.05) is 45.0 Å². The molecule has 0 radical (unpaired) electrons. The fraction of sp³-hybridized carbons (Fsp3) is 0.462. The van der Waals surface area contributed by atoms with E-state index in [-0.39, 0.29) is 24.7 Å². The van der Waals surface area contributed by atoms with Crippen molar-refractivity contribution >= 4 is 21.9 Å². The van der Waals surface area contributed by atoms with Gasteiger partial charge in [0.15, 0.2) is 0 Å². The molecule has 94 valence electrons. The lowest BCUT2D eigenvalue weighted by atomic mass is 10.1. The highest BCUT2D eigenvalue weighted by Gasteiger charge is 2.09. The monoisotopic (exact) mass is 299 g/mol. The second-order valence-corrected chi connectivity index (χ2v) is 5.11. The van der Waals surface area contributed by atoms with Crippen LogP contribution in [-0.4, -0.2) is 18.6 Å². The molecule has 0 aliphatic heterocycles. The first-order valence-corrected chi connectivity index (χ1v) is 6.46. The molecule has 0 aliphatic carbocycles. The van der Waals surface area contributed by atoms with E-state index in [2.05, 4.69) is 21.2 Å². The van der Waals surface area contributed by atoms with Gasteiger partial charge in [0.25, 0.3) is 0 Å². The number of carbonyl (C=O) groups is 1.